The van der Waals surface area contributed by atoms with Crippen molar-refractivity contribution in [3.63, 3.8) is 0 Å². The highest BCUT2D eigenvalue weighted by molar-refractivity contribution is 5.83. The third-order valence-corrected chi connectivity index (χ3v) is 3.09. The second kappa shape index (κ2) is 4.69. The van der Waals surface area contributed by atoms with Gasteiger partial charge in [0.15, 0.2) is 0 Å². The van der Waals surface area contributed by atoms with Crippen LogP contribution in [0.25, 0.3) is 10.9 Å². The highest BCUT2D eigenvalue weighted by Crippen LogP contribution is 2.20. The van der Waals surface area contributed by atoms with Gasteiger partial charge in [0.05, 0.1) is 5.69 Å². The molecule has 96 valence electrons. The number of nitrogens with two attached hydrogens (primary N) is 1. The predicted molar refractivity (Wildman–Crippen MR) is 78.2 cm³/mol. The lowest BCUT2D eigenvalue weighted by Gasteiger charge is -2.05. The number of ether oxygens (including phenoxy) is 1. The number of fused-ring (bicyclic) bond motifs is 1. The topological polar surface area (TPSA) is 51.0 Å². The minimum Gasteiger partial charge on any atom is -0.487 e. The second-order valence-corrected chi connectivity index (χ2v) is 4.75. The van der Waals surface area contributed by atoms with E-state index < -0.39 is 0 Å². The Morgan fingerprint density at radius 1 is 1.11 bits per heavy atom. The maximum atomic E-state index is 5.77. The number of aryl methyl sites for hydroxylation is 1. The summed E-state index contributed by atoms with van der Waals surface area (Å²) in [6.07, 6.45) is 0. The van der Waals surface area contributed by atoms with Gasteiger partial charge in [-0.3, -0.25) is 0 Å². The Balaban J connectivity index is 1.78. The Bertz CT molecular complexity index is 716. The third kappa shape index (κ3) is 2.55. The molecule has 1 aromatic heterocycles. The van der Waals surface area contributed by atoms with E-state index in [1.807, 2.05) is 36.4 Å². The molecule has 2 aromatic carbocycles. The van der Waals surface area contributed by atoms with Gasteiger partial charge >= 0.3 is 0 Å². The van der Waals surface area contributed by atoms with Crippen LogP contribution in [0, 0.1) is 6.92 Å². The van der Waals surface area contributed by atoms with Crippen LogP contribution in [0.15, 0.2) is 48.5 Å². The first-order chi connectivity index (χ1) is 9.20. The molecule has 0 amide bonds. The van der Waals surface area contributed by atoms with Gasteiger partial charge in [-0.15, -0.1) is 0 Å². The number of aromatic nitrogens is 1. The summed E-state index contributed by atoms with van der Waals surface area (Å²) >= 11 is 0. The van der Waals surface area contributed by atoms with Gasteiger partial charge in [-0.25, -0.2) is 0 Å². The van der Waals surface area contributed by atoms with E-state index in [4.69, 9.17) is 10.5 Å². The summed E-state index contributed by atoms with van der Waals surface area (Å²) in [5, 5.41) is 1.15. The molecule has 0 bridgehead atoms. The molecule has 3 rings (SSSR count). The highest BCUT2D eigenvalue weighted by atomic mass is 16.5. The molecule has 0 aliphatic rings. The van der Waals surface area contributed by atoms with E-state index in [0.29, 0.717) is 6.61 Å². The molecule has 0 radical (unpaired) electrons. The van der Waals surface area contributed by atoms with E-state index in [1.54, 1.807) is 0 Å². The van der Waals surface area contributed by atoms with Crippen molar-refractivity contribution in [1.29, 1.82) is 0 Å². The summed E-state index contributed by atoms with van der Waals surface area (Å²) in [6.45, 7) is 2.58. The number of aromatic amines is 1. The first kappa shape index (κ1) is 11.7. The van der Waals surface area contributed by atoms with Crippen molar-refractivity contribution in [3.8, 4) is 5.75 Å². The minimum absolute atomic E-state index is 0.526. The third-order valence-electron chi connectivity index (χ3n) is 3.09. The van der Waals surface area contributed by atoms with Crippen molar-refractivity contribution in [2.45, 2.75) is 13.5 Å². The normalized spacial score (nSPS) is 10.8. The van der Waals surface area contributed by atoms with E-state index in [1.165, 1.54) is 5.56 Å². The molecule has 3 aromatic rings. The van der Waals surface area contributed by atoms with Crippen LogP contribution in [0.3, 0.4) is 0 Å². The summed E-state index contributed by atoms with van der Waals surface area (Å²) in [5.41, 5.74) is 9.81. The minimum atomic E-state index is 0.526. The fraction of sp³-hybridized carbons (Fsp3) is 0.125. The predicted octanol–water partition coefficient (Wildman–Crippen LogP) is 3.64. The first-order valence-corrected chi connectivity index (χ1v) is 6.27. The van der Waals surface area contributed by atoms with Crippen LogP contribution in [0.2, 0.25) is 0 Å². The molecular weight excluding hydrogens is 236 g/mol. The van der Waals surface area contributed by atoms with Gasteiger partial charge in [-0.05, 0) is 48.2 Å². The van der Waals surface area contributed by atoms with E-state index in [0.717, 1.165) is 28.0 Å². The van der Waals surface area contributed by atoms with Crippen molar-refractivity contribution in [2.75, 3.05) is 5.73 Å². The van der Waals surface area contributed by atoms with Gasteiger partial charge in [-0.2, -0.15) is 0 Å². The van der Waals surface area contributed by atoms with Crippen LogP contribution in [0.5, 0.6) is 5.75 Å². The van der Waals surface area contributed by atoms with Crippen molar-refractivity contribution < 1.29 is 4.74 Å². The molecular formula is C16H16N2O. The molecule has 0 unspecified atom stereocenters. The molecule has 3 N–H and O–H groups in total. The van der Waals surface area contributed by atoms with E-state index in [2.05, 4.69) is 24.0 Å². The number of hydrogen-bond acceptors (Lipinski definition) is 2. The Morgan fingerprint density at radius 2 is 2.00 bits per heavy atom. The molecule has 0 fully saturated rings. The zero-order valence-corrected chi connectivity index (χ0v) is 10.8. The lowest BCUT2D eigenvalue weighted by Crippen LogP contribution is -1.95. The van der Waals surface area contributed by atoms with Crippen LogP contribution in [-0.4, -0.2) is 4.98 Å². The Kier molecular flexibility index (Phi) is 2.88. The zero-order chi connectivity index (χ0) is 13.2. The Labute approximate surface area is 112 Å². The number of nitrogens with one attached hydrogen (secondary N) is 1. The van der Waals surface area contributed by atoms with Crippen LogP contribution < -0.4 is 10.5 Å². The van der Waals surface area contributed by atoms with Crippen molar-refractivity contribution in [2.24, 2.45) is 0 Å². The van der Waals surface area contributed by atoms with Gasteiger partial charge in [0.25, 0.3) is 0 Å². The molecule has 19 heavy (non-hydrogen) atoms. The summed E-state index contributed by atoms with van der Waals surface area (Å²) in [7, 11) is 0. The summed E-state index contributed by atoms with van der Waals surface area (Å²) < 4.78 is 5.77. The lowest BCUT2D eigenvalue weighted by atomic mass is 10.2. The van der Waals surface area contributed by atoms with E-state index in [-0.39, 0.29) is 0 Å². The molecule has 0 saturated heterocycles. The van der Waals surface area contributed by atoms with Crippen LogP contribution in [0.1, 0.15) is 11.3 Å². The molecule has 0 atom stereocenters. The largest absolute Gasteiger partial charge is 0.487 e. The number of benzene rings is 2. The first-order valence-electron chi connectivity index (χ1n) is 6.27. The molecule has 0 spiro atoms. The maximum absolute atomic E-state index is 5.77. The molecule has 3 nitrogen and oxygen atoms in total. The van der Waals surface area contributed by atoms with Crippen molar-refractivity contribution in [3.05, 3.63) is 59.8 Å². The molecule has 0 aliphatic carbocycles. The van der Waals surface area contributed by atoms with Crippen LogP contribution >= 0.6 is 0 Å². The quantitative estimate of drug-likeness (QED) is 0.699. The standard InChI is InChI=1S/C16H16N2O/c1-11-3-2-4-15(7-11)19-10-14-8-12-5-6-13(17)9-16(12)18-14/h2-9,18H,10,17H2,1H3. The van der Waals surface area contributed by atoms with Crippen LogP contribution in [0.4, 0.5) is 5.69 Å². The number of anilines is 1. The maximum Gasteiger partial charge on any atom is 0.128 e. The van der Waals surface area contributed by atoms with Gasteiger partial charge in [0.2, 0.25) is 0 Å². The smallest absolute Gasteiger partial charge is 0.128 e. The van der Waals surface area contributed by atoms with Crippen molar-refractivity contribution >= 4 is 16.6 Å². The second-order valence-electron chi connectivity index (χ2n) is 4.75. The Hall–Kier alpha value is -2.42. The van der Waals surface area contributed by atoms with Gasteiger partial charge in [-0.1, -0.05) is 18.2 Å². The van der Waals surface area contributed by atoms with Gasteiger partial charge < -0.3 is 15.5 Å². The summed E-state index contributed by atoms with van der Waals surface area (Å²) in [4.78, 5) is 3.32. The SMILES string of the molecule is Cc1cccc(OCc2cc3ccc(N)cc3[nH]2)c1. The number of H-pyrrole nitrogens is 1. The Morgan fingerprint density at radius 3 is 2.84 bits per heavy atom. The highest BCUT2D eigenvalue weighted by Gasteiger charge is 2.02. The average molecular weight is 252 g/mol. The van der Waals surface area contributed by atoms with Gasteiger partial charge in [0.1, 0.15) is 12.4 Å². The number of rotatable bonds is 3. The summed E-state index contributed by atoms with van der Waals surface area (Å²) in [6, 6.07) is 16.0. The number of hydrogen-bond donors (Lipinski definition) is 2. The number of nitrogen functional groups attached to an aromatic ring is 1. The molecule has 0 saturated carbocycles. The zero-order valence-electron chi connectivity index (χ0n) is 10.8. The molecule has 3 heteroatoms. The fourth-order valence-corrected chi connectivity index (χ4v) is 2.15. The van der Waals surface area contributed by atoms with E-state index in [9.17, 15) is 0 Å². The lowest BCUT2D eigenvalue weighted by molar-refractivity contribution is 0.302. The van der Waals surface area contributed by atoms with E-state index >= 15 is 0 Å². The summed E-state index contributed by atoms with van der Waals surface area (Å²) in [5.74, 6) is 0.887. The van der Waals surface area contributed by atoms with Gasteiger partial charge in [0, 0.05) is 11.2 Å². The average Bonchev–Trinajstić information content (AvgIpc) is 2.78. The molecule has 1 heterocycles. The molecule has 0 aliphatic heterocycles. The fourth-order valence-electron chi connectivity index (χ4n) is 2.15. The monoisotopic (exact) mass is 252 g/mol. The van der Waals surface area contributed by atoms with Crippen LogP contribution in [-0.2, 0) is 6.61 Å². The van der Waals surface area contributed by atoms with Crippen molar-refractivity contribution in [1.82, 2.24) is 4.98 Å².